The van der Waals surface area contributed by atoms with E-state index in [1.165, 1.54) is 38.5 Å². The highest BCUT2D eigenvalue weighted by Gasteiger charge is 2.41. The van der Waals surface area contributed by atoms with Crippen molar-refractivity contribution in [1.29, 1.82) is 0 Å². The molecule has 0 heterocycles. The number of hydrogen-bond acceptors (Lipinski definition) is 1. The van der Waals surface area contributed by atoms with Crippen LogP contribution >= 0.6 is 0 Å². The third kappa shape index (κ3) is 1.61. The molecule has 2 atom stereocenters. The van der Waals surface area contributed by atoms with Gasteiger partial charge < -0.3 is 5.23 Å². The number of nitrogens with one attached hydrogen (secondary N) is 1. The SMILES string of the molecule is BNC1CC1C1CCCCC1. The second-order valence-electron chi connectivity index (χ2n) is 4.19. The van der Waals surface area contributed by atoms with Gasteiger partial charge in [-0.15, -0.1) is 0 Å². The Kier molecular flexibility index (Phi) is 2.21. The molecule has 0 radical (unpaired) electrons. The highest BCUT2D eigenvalue weighted by atomic mass is 14.9. The maximum Gasteiger partial charge on any atom is 0.182 e. The van der Waals surface area contributed by atoms with E-state index in [0.717, 1.165) is 17.9 Å². The minimum Gasteiger partial charge on any atom is -0.359 e. The summed E-state index contributed by atoms with van der Waals surface area (Å²) in [5.74, 6) is 2.14. The topological polar surface area (TPSA) is 12.0 Å². The summed E-state index contributed by atoms with van der Waals surface area (Å²) in [6.45, 7) is 0. The predicted octanol–water partition coefficient (Wildman–Crippen LogP) is 1.09. The molecule has 0 aromatic rings. The molecular weight excluding hydrogens is 133 g/mol. The average molecular weight is 151 g/mol. The summed E-state index contributed by atoms with van der Waals surface area (Å²) < 4.78 is 0. The molecule has 1 nitrogen and oxygen atoms in total. The van der Waals surface area contributed by atoms with Crippen LogP contribution in [0.1, 0.15) is 38.5 Å². The molecule has 2 heteroatoms. The van der Waals surface area contributed by atoms with Gasteiger partial charge in [0.1, 0.15) is 0 Å². The van der Waals surface area contributed by atoms with Crippen molar-refractivity contribution in [3.05, 3.63) is 0 Å². The molecule has 2 aliphatic rings. The molecule has 1 N–H and O–H groups in total. The summed E-state index contributed by atoms with van der Waals surface area (Å²) in [5.41, 5.74) is 0. The zero-order valence-electron chi connectivity index (χ0n) is 7.47. The lowest BCUT2D eigenvalue weighted by Gasteiger charge is -2.21. The van der Waals surface area contributed by atoms with Gasteiger partial charge in [0.05, 0.1) is 0 Å². The summed E-state index contributed by atoms with van der Waals surface area (Å²) in [7, 11) is 2.10. The van der Waals surface area contributed by atoms with Crippen molar-refractivity contribution in [2.45, 2.75) is 44.6 Å². The van der Waals surface area contributed by atoms with Gasteiger partial charge >= 0.3 is 0 Å². The average Bonchev–Trinajstić information content (AvgIpc) is 2.85. The molecule has 0 amide bonds. The van der Waals surface area contributed by atoms with Crippen molar-refractivity contribution < 1.29 is 0 Å². The van der Waals surface area contributed by atoms with E-state index in [4.69, 9.17) is 0 Å². The summed E-state index contributed by atoms with van der Waals surface area (Å²) in [5, 5.41) is 3.39. The Bertz CT molecular complexity index is 132. The molecule has 11 heavy (non-hydrogen) atoms. The van der Waals surface area contributed by atoms with Crippen molar-refractivity contribution in [2.75, 3.05) is 0 Å². The van der Waals surface area contributed by atoms with Crippen molar-refractivity contribution in [2.24, 2.45) is 11.8 Å². The molecule has 0 aromatic heterocycles. The van der Waals surface area contributed by atoms with Crippen molar-refractivity contribution in [3.63, 3.8) is 0 Å². The predicted molar refractivity (Wildman–Crippen MR) is 50.1 cm³/mol. The van der Waals surface area contributed by atoms with Crippen LogP contribution in [-0.4, -0.2) is 14.0 Å². The van der Waals surface area contributed by atoms with Crippen molar-refractivity contribution in [1.82, 2.24) is 5.23 Å². The normalized spacial score (nSPS) is 38.9. The standard InChI is InChI=1S/C9H18BN/c10-11-9-6-8(9)7-4-2-1-3-5-7/h7-9,11H,1-6,10H2. The van der Waals surface area contributed by atoms with Gasteiger partial charge in [0, 0.05) is 0 Å². The summed E-state index contributed by atoms with van der Waals surface area (Å²) in [6, 6.07) is 0.887. The fourth-order valence-corrected chi connectivity index (χ4v) is 2.63. The Labute approximate surface area is 70.4 Å². The zero-order chi connectivity index (χ0) is 7.68. The first kappa shape index (κ1) is 7.66. The lowest BCUT2D eigenvalue weighted by molar-refractivity contribution is 0.316. The Balaban J connectivity index is 1.77. The van der Waals surface area contributed by atoms with Crippen LogP contribution in [0.25, 0.3) is 0 Å². The fraction of sp³-hybridized carbons (Fsp3) is 1.00. The molecule has 0 aromatic carbocycles. The van der Waals surface area contributed by atoms with Gasteiger partial charge in [0.2, 0.25) is 0 Å². The largest absolute Gasteiger partial charge is 0.359 e. The van der Waals surface area contributed by atoms with Crippen LogP contribution in [0.4, 0.5) is 0 Å². The molecule has 0 aliphatic heterocycles. The minimum atomic E-state index is 0.887. The van der Waals surface area contributed by atoms with E-state index in [9.17, 15) is 0 Å². The molecule has 2 aliphatic carbocycles. The number of rotatable bonds is 2. The van der Waals surface area contributed by atoms with Crippen LogP contribution in [0.3, 0.4) is 0 Å². The second-order valence-corrected chi connectivity index (χ2v) is 4.19. The molecule has 2 fully saturated rings. The van der Waals surface area contributed by atoms with Crippen LogP contribution in [0.5, 0.6) is 0 Å². The maximum absolute atomic E-state index is 3.39. The summed E-state index contributed by atoms with van der Waals surface area (Å²) >= 11 is 0. The molecule has 2 saturated carbocycles. The molecule has 0 bridgehead atoms. The minimum absolute atomic E-state index is 0.887. The van der Waals surface area contributed by atoms with Crippen molar-refractivity contribution >= 4 is 7.98 Å². The summed E-state index contributed by atoms with van der Waals surface area (Å²) in [4.78, 5) is 0. The second kappa shape index (κ2) is 3.18. The third-order valence-corrected chi connectivity index (χ3v) is 3.47. The zero-order valence-corrected chi connectivity index (χ0v) is 7.47. The van der Waals surface area contributed by atoms with Crippen LogP contribution in [0, 0.1) is 11.8 Å². The van der Waals surface area contributed by atoms with Gasteiger partial charge in [-0.1, -0.05) is 32.1 Å². The van der Waals surface area contributed by atoms with E-state index < -0.39 is 0 Å². The molecule has 0 spiro atoms. The maximum atomic E-state index is 3.39. The smallest absolute Gasteiger partial charge is 0.182 e. The van der Waals surface area contributed by atoms with E-state index in [1.807, 2.05) is 0 Å². The first-order valence-corrected chi connectivity index (χ1v) is 5.09. The molecular formula is C9H18BN. The highest BCUT2D eigenvalue weighted by molar-refractivity contribution is 6.04. The highest BCUT2D eigenvalue weighted by Crippen LogP contribution is 2.43. The van der Waals surface area contributed by atoms with Gasteiger partial charge in [0.25, 0.3) is 0 Å². The van der Waals surface area contributed by atoms with Gasteiger partial charge in [-0.3, -0.25) is 0 Å². The number of hydrogen-bond donors (Lipinski definition) is 1. The van der Waals surface area contributed by atoms with E-state index in [1.54, 1.807) is 0 Å². The van der Waals surface area contributed by atoms with Gasteiger partial charge in [-0.2, -0.15) is 0 Å². The van der Waals surface area contributed by atoms with Crippen LogP contribution in [0.2, 0.25) is 0 Å². The van der Waals surface area contributed by atoms with Crippen LogP contribution in [-0.2, 0) is 0 Å². The van der Waals surface area contributed by atoms with E-state index in [0.29, 0.717) is 0 Å². The monoisotopic (exact) mass is 151 g/mol. The Morgan fingerprint density at radius 1 is 1.09 bits per heavy atom. The van der Waals surface area contributed by atoms with Gasteiger partial charge in [-0.05, 0) is 24.3 Å². The molecule has 0 saturated heterocycles. The lowest BCUT2D eigenvalue weighted by Crippen LogP contribution is -2.18. The lowest BCUT2D eigenvalue weighted by atomic mass is 9.85. The Morgan fingerprint density at radius 2 is 1.82 bits per heavy atom. The van der Waals surface area contributed by atoms with E-state index in [2.05, 4.69) is 13.2 Å². The van der Waals surface area contributed by atoms with E-state index >= 15 is 0 Å². The first-order valence-electron chi connectivity index (χ1n) is 5.09. The molecule has 2 unspecified atom stereocenters. The van der Waals surface area contributed by atoms with Gasteiger partial charge in [0.15, 0.2) is 7.98 Å². The van der Waals surface area contributed by atoms with E-state index in [-0.39, 0.29) is 0 Å². The third-order valence-electron chi connectivity index (χ3n) is 3.47. The van der Waals surface area contributed by atoms with Gasteiger partial charge in [-0.25, -0.2) is 0 Å². The Hall–Kier alpha value is 0.0249. The molecule has 62 valence electrons. The fourth-order valence-electron chi connectivity index (χ4n) is 2.63. The Morgan fingerprint density at radius 3 is 2.36 bits per heavy atom. The first-order chi connectivity index (χ1) is 5.42. The summed E-state index contributed by atoms with van der Waals surface area (Å²) in [6.07, 6.45) is 8.98. The van der Waals surface area contributed by atoms with Crippen molar-refractivity contribution in [3.8, 4) is 0 Å². The van der Waals surface area contributed by atoms with Crippen LogP contribution < -0.4 is 5.23 Å². The molecule has 2 rings (SSSR count). The quantitative estimate of drug-likeness (QED) is 0.582. The van der Waals surface area contributed by atoms with Crippen LogP contribution in [0.15, 0.2) is 0 Å².